The molecule has 2 aliphatic heterocycles. The van der Waals surface area contributed by atoms with E-state index in [9.17, 15) is 9.90 Å². The van der Waals surface area contributed by atoms with Gasteiger partial charge >= 0.3 is 0 Å². The van der Waals surface area contributed by atoms with Crippen molar-refractivity contribution in [1.29, 1.82) is 0 Å². The van der Waals surface area contributed by atoms with E-state index in [1.807, 2.05) is 23.1 Å². The molecule has 19 heavy (non-hydrogen) atoms. The Kier molecular flexibility index (Phi) is 3.37. The summed E-state index contributed by atoms with van der Waals surface area (Å²) in [6.07, 6.45) is 4.39. The fourth-order valence-electron chi connectivity index (χ4n) is 2.95. The van der Waals surface area contributed by atoms with Gasteiger partial charge in [-0.1, -0.05) is 28.8 Å². The van der Waals surface area contributed by atoms with Crippen LogP contribution in [0, 0.1) is 0 Å². The number of fused-ring (bicyclic) bond motifs is 1. The van der Waals surface area contributed by atoms with Crippen LogP contribution in [0.5, 0.6) is 0 Å². The molecule has 4 nitrogen and oxygen atoms in total. The summed E-state index contributed by atoms with van der Waals surface area (Å²) in [4.78, 5) is 14.2. The van der Waals surface area contributed by atoms with Gasteiger partial charge in [-0.15, -0.1) is 0 Å². The van der Waals surface area contributed by atoms with Gasteiger partial charge in [-0.3, -0.25) is 9.69 Å². The number of rotatable bonds is 1. The van der Waals surface area contributed by atoms with Gasteiger partial charge in [0.2, 0.25) is 5.72 Å². The fourth-order valence-corrected chi connectivity index (χ4v) is 3.31. The molecule has 2 heterocycles. The van der Waals surface area contributed by atoms with Crippen molar-refractivity contribution in [1.82, 2.24) is 4.90 Å². The third-order valence-corrected chi connectivity index (χ3v) is 4.48. The third-order valence-electron chi connectivity index (χ3n) is 3.99. The van der Waals surface area contributed by atoms with Gasteiger partial charge in [-0.2, -0.15) is 0 Å². The van der Waals surface area contributed by atoms with Crippen molar-refractivity contribution < 1.29 is 9.90 Å². The Labute approximate surface area is 120 Å². The molecule has 0 spiro atoms. The summed E-state index contributed by atoms with van der Waals surface area (Å²) in [5.41, 5.74) is -0.141. The average molecular weight is 325 g/mol. The van der Waals surface area contributed by atoms with Crippen molar-refractivity contribution in [2.24, 2.45) is 0 Å². The molecule has 2 N–H and O–H groups in total. The fraction of sp³-hybridized carbons (Fsp3) is 0.500. The van der Waals surface area contributed by atoms with Crippen LogP contribution in [0.1, 0.15) is 31.2 Å². The molecule has 0 unspecified atom stereocenters. The lowest BCUT2D eigenvalue weighted by atomic mass is 10.0. The quantitative estimate of drug-likeness (QED) is 0.834. The van der Waals surface area contributed by atoms with Crippen molar-refractivity contribution in [3.8, 4) is 0 Å². The van der Waals surface area contributed by atoms with Gasteiger partial charge in [0.25, 0.3) is 5.91 Å². The number of carbonyl (C=O) groups excluding carboxylic acids is 1. The highest BCUT2D eigenvalue weighted by atomic mass is 79.9. The number of nitrogens with zero attached hydrogens (tertiary/aromatic N) is 1. The van der Waals surface area contributed by atoms with Crippen molar-refractivity contribution in [2.45, 2.75) is 31.4 Å². The van der Waals surface area contributed by atoms with E-state index in [4.69, 9.17) is 0 Å². The van der Waals surface area contributed by atoms with Crippen LogP contribution in [0.3, 0.4) is 0 Å². The lowest BCUT2D eigenvalue weighted by Crippen LogP contribution is -2.51. The molecule has 1 aromatic carbocycles. The molecule has 0 aliphatic carbocycles. The number of likely N-dealkylation sites (tertiary alicyclic amines) is 1. The lowest BCUT2D eigenvalue weighted by molar-refractivity contribution is -0.158. The summed E-state index contributed by atoms with van der Waals surface area (Å²) in [6, 6.07) is 5.53. The number of aliphatic hydroxyl groups is 1. The molecule has 5 heteroatoms. The summed E-state index contributed by atoms with van der Waals surface area (Å²) in [6.45, 7) is 1.52. The van der Waals surface area contributed by atoms with Crippen LogP contribution in [0.4, 0.5) is 5.69 Å². The molecule has 2 aliphatic rings. The number of hydrogen-bond acceptors (Lipinski definition) is 3. The Balaban J connectivity index is 2.02. The second-order valence-electron chi connectivity index (χ2n) is 5.22. The predicted octanol–water partition coefficient (Wildman–Crippen LogP) is 2.42. The Morgan fingerprint density at radius 1 is 1.21 bits per heavy atom. The number of carbonyl (C=O) groups is 1. The zero-order valence-corrected chi connectivity index (χ0v) is 12.2. The van der Waals surface area contributed by atoms with Gasteiger partial charge < -0.3 is 10.4 Å². The van der Waals surface area contributed by atoms with E-state index in [0.29, 0.717) is 11.3 Å². The van der Waals surface area contributed by atoms with Gasteiger partial charge in [0.15, 0.2) is 0 Å². The smallest absolute Gasteiger partial charge is 0.276 e. The van der Waals surface area contributed by atoms with Gasteiger partial charge in [0.05, 0.1) is 0 Å². The summed E-state index contributed by atoms with van der Waals surface area (Å²) >= 11 is 3.41. The molecule has 1 atom stereocenters. The van der Waals surface area contributed by atoms with Gasteiger partial charge in [0, 0.05) is 28.8 Å². The van der Waals surface area contributed by atoms with Gasteiger partial charge in [-0.25, -0.2) is 0 Å². The van der Waals surface area contributed by atoms with Crippen molar-refractivity contribution in [3.63, 3.8) is 0 Å². The molecule has 1 saturated heterocycles. The molecule has 1 amide bonds. The van der Waals surface area contributed by atoms with Crippen LogP contribution in [0.2, 0.25) is 0 Å². The Hall–Kier alpha value is -0.910. The molecule has 0 bridgehead atoms. The number of hydrogen-bond donors (Lipinski definition) is 2. The van der Waals surface area contributed by atoms with Crippen LogP contribution in [-0.2, 0) is 10.5 Å². The number of halogens is 1. The minimum Gasteiger partial charge on any atom is -0.364 e. The Bertz CT molecular complexity index is 512. The maximum atomic E-state index is 12.3. The minimum absolute atomic E-state index is 0.331. The SMILES string of the molecule is O=C1Nc2ccc(Br)cc2[C@]1(O)N1CCCCCC1. The third kappa shape index (κ3) is 2.10. The molecule has 102 valence electrons. The largest absolute Gasteiger partial charge is 0.364 e. The number of anilines is 1. The lowest BCUT2D eigenvalue weighted by Gasteiger charge is -2.34. The highest BCUT2D eigenvalue weighted by Gasteiger charge is 2.49. The standard InChI is InChI=1S/C14H17BrN2O2/c15-10-5-6-12-11(9-10)14(19,13(18)16-12)17-7-3-1-2-4-8-17/h5-6,9,19H,1-4,7-8H2,(H,16,18)/t14-/m1/s1. The first-order valence-electron chi connectivity index (χ1n) is 6.71. The summed E-state index contributed by atoms with van der Waals surface area (Å²) < 4.78 is 0.871. The average Bonchev–Trinajstić information content (AvgIpc) is 2.63. The van der Waals surface area contributed by atoms with E-state index in [-0.39, 0.29) is 5.91 Å². The Morgan fingerprint density at radius 3 is 2.58 bits per heavy atom. The van der Waals surface area contributed by atoms with E-state index >= 15 is 0 Å². The molecule has 1 fully saturated rings. The first-order chi connectivity index (χ1) is 9.12. The second-order valence-corrected chi connectivity index (χ2v) is 6.13. The van der Waals surface area contributed by atoms with Crippen molar-refractivity contribution in [2.75, 3.05) is 18.4 Å². The number of benzene rings is 1. The summed E-state index contributed by atoms with van der Waals surface area (Å²) in [5.74, 6) is -0.331. The molecule has 0 saturated carbocycles. The highest BCUT2D eigenvalue weighted by molar-refractivity contribution is 9.10. The van der Waals surface area contributed by atoms with Crippen LogP contribution < -0.4 is 5.32 Å². The normalized spacial score (nSPS) is 27.8. The molecule has 0 radical (unpaired) electrons. The number of nitrogens with one attached hydrogen (secondary N) is 1. The first-order valence-corrected chi connectivity index (χ1v) is 7.50. The van der Waals surface area contributed by atoms with Crippen molar-refractivity contribution in [3.05, 3.63) is 28.2 Å². The van der Waals surface area contributed by atoms with Gasteiger partial charge in [0.1, 0.15) is 0 Å². The van der Waals surface area contributed by atoms with Crippen LogP contribution in [-0.4, -0.2) is 29.0 Å². The number of amides is 1. The van der Waals surface area contributed by atoms with Crippen LogP contribution >= 0.6 is 15.9 Å². The van der Waals surface area contributed by atoms with E-state index < -0.39 is 5.72 Å². The topological polar surface area (TPSA) is 52.6 Å². The van der Waals surface area contributed by atoms with Gasteiger partial charge in [-0.05, 0) is 31.0 Å². The maximum absolute atomic E-state index is 12.3. The van der Waals surface area contributed by atoms with E-state index in [0.717, 1.165) is 30.4 Å². The zero-order valence-electron chi connectivity index (χ0n) is 10.7. The Morgan fingerprint density at radius 2 is 1.89 bits per heavy atom. The maximum Gasteiger partial charge on any atom is 0.276 e. The molecular weight excluding hydrogens is 308 g/mol. The zero-order chi connectivity index (χ0) is 13.5. The summed E-state index contributed by atoms with van der Waals surface area (Å²) in [7, 11) is 0. The van der Waals surface area contributed by atoms with E-state index in [1.165, 1.54) is 12.8 Å². The molecule has 0 aromatic heterocycles. The predicted molar refractivity (Wildman–Crippen MR) is 76.7 cm³/mol. The van der Waals surface area contributed by atoms with E-state index in [2.05, 4.69) is 21.2 Å². The van der Waals surface area contributed by atoms with Crippen molar-refractivity contribution >= 4 is 27.5 Å². The van der Waals surface area contributed by atoms with Crippen LogP contribution in [0.15, 0.2) is 22.7 Å². The molecule has 3 rings (SSSR count). The highest BCUT2D eigenvalue weighted by Crippen LogP contribution is 2.40. The molecule has 1 aromatic rings. The minimum atomic E-state index is -1.51. The van der Waals surface area contributed by atoms with Crippen LogP contribution in [0.25, 0.3) is 0 Å². The molecular formula is C14H17BrN2O2. The van der Waals surface area contributed by atoms with E-state index in [1.54, 1.807) is 0 Å². The monoisotopic (exact) mass is 324 g/mol. The first kappa shape index (κ1) is 13.1. The second kappa shape index (κ2) is 4.89. The summed E-state index contributed by atoms with van der Waals surface area (Å²) in [5, 5.41) is 13.8.